The lowest BCUT2D eigenvalue weighted by molar-refractivity contribution is 0.0810. The number of benzene rings is 1. The highest BCUT2D eigenvalue weighted by atomic mass is 16.3. The van der Waals surface area contributed by atoms with Crippen LogP contribution in [0.25, 0.3) is 11.3 Å². The number of aromatic nitrogens is 2. The summed E-state index contributed by atoms with van der Waals surface area (Å²) < 4.78 is 1.65. The monoisotopic (exact) mass is 245 g/mol. The third-order valence-corrected chi connectivity index (χ3v) is 2.80. The van der Waals surface area contributed by atoms with Gasteiger partial charge in [0.25, 0.3) is 0 Å². The fraction of sp³-hybridized carbons (Fsp3) is 0.357. The Bertz CT molecular complexity index is 516. The van der Waals surface area contributed by atoms with Gasteiger partial charge in [-0.1, -0.05) is 24.3 Å². The molecule has 0 spiro atoms. The van der Waals surface area contributed by atoms with Crippen molar-refractivity contribution in [2.75, 3.05) is 5.73 Å². The van der Waals surface area contributed by atoms with Crippen LogP contribution in [0.3, 0.4) is 0 Å². The zero-order chi connectivity index (χ0) is 13.3. The highest BCUT2D eigenvalue weighted by molar-refractivity contribution is 5.62. The number of hydrogen-bond donors (Lipinski definition) is 2. The second-order valence-corrected chi connectivity index (χ2v) is 5.26. The molecule has 4 nitrogen and oxygen atoms in total. The van der Waals surface area contributed by atoms with Crippen molar-refractivity contribution in [1.29, 1.82) is 0 Å². The van der Waals surface area contributed by atoms with E-state index in [1.165, 1.54) is 0 Å². The quantitative estimate of drug-likeness (QED) is 0.869. The Morgan fingerprint density at radius 2 is 1.89 bits per heavy atom. The molecule has 0 aliphatic carbocycles. The number of anilines is 1. The average Bonchev–Trinajstić information content (AvgIpc) is 2.58. The van der Waals surface area contributed by atoms with E-state index in [1.807, 2.05) is 37.4 Å². The minimum absolute atomic E-state index is 0.637. The largest absolute Gasteiger partial charge is 0.390 e. The van der Waals surface area contributed by atoms with Gasteiger partial charge in [-0.05, 0) is 19.4 Å². The standard InChI is InChI=1S/C14H19N3O/c1-14(2,18)9-10-4-6-11(7-5-10)12-8-13(15)17(3)16-12/h4-8,18H,9,15H2,1-3H3. The maximum atomic E-state index is 9.76. The van der Waals surface area contributed by atoms with Crippen molar-refractivity contribution in [2.45, 2.75) is 25.9 Å². The van der Waals surface area contributed by atoms with Crippen molar-refractivity contribution >= 4 is 5.82 Å². The lowest BCUT2D eigenvalue weighted by Gasteiger charge is -2.16. The predicted octanol–water partition coefficient (Wildman–Crippen LogP) is 1.98. The minimum Gasteiger partial charge on any atom is -0.390 e. The van der Waals surface area contributed by atoms with E-state index >= 15 is 0 Å². The molecule has 0 aliphatic heterocycles. The first-order valence-corrected chi connectivity index (χ1v) is 5.96. The summed E-state index contributed by atoms with van der Waals surface area (Å²) in [5.74, 6) is 0.644. The van der Waals surface area contributed by atoms with Crippen LogP contribution in [0, 0.1) is 0 Å². The first kappa shape index (κ1) is 12.6. The van der Waals surface area contributed by atoms with Crippen LogP contribution in [0.4, 0.5) is 5.82 Å². The molecule has 2 rings (SSSR count). The first-order valence-electron chi connectivity index (χ1n) is 5.96. The molecule has 18 heavy (non-hydrogen) atoms. The Labute approximate surface area is 107 Å². The van der Waals surface area contributed by atoms with Gasteiger partial charge >= 0.3 is 0 Å². The fourth-order valence-corrected chi connectivity index (χ4v) is 1.92. The Balaban J connectivity index is 2.22. The van der Waals surface area contributed by atoms with Gasteiger partial charge in [0.1, 0.15) is 5.82 Å². The molecule has 0 saturated carbocycles. The molecule has 0 aliphatic rings. The third kappa shape index (κ3) is 2.90. The minimum atomic E-state index is -0.684. The molecule has 3 N–H and O–H groups in total. The van der Waals surface area contributed by atoms with Crippen molar-refractivity contribution in [2.24, 2.45) is 7.05 Å². The van der Waals surface area contributed by atoms with Crippen LogP contribution < -0.4 is 5.73 Å². The van der Waals surface area contributed by atoms with E-state index in [1.54, 1.807) is 18.5 Å². The van der Waals surface area contributed by atoms with Crippen LogP contribution in [0.2, 0.25) is 0 Å². The van der Waals surface area contributed by atoms with Gasteiger partial charge in [-0.2, -0.15) is 5.10 Å². The van der Waals surface area contributed by atoms with Crippen molar-refractivity contribution in [1.82, 2.24) is 9.78 Å². The van der Waals surface area contributed by atoms with E-state index in [0.29, 0.717) is 12.2 Å². The molecule has 0 saturated heterocycles. The summed E-state index contributed by atoms with van der Waals surface area (Å²) >= 11 is 0. The molecule has 2 aromatic rings. The van der Waals surface area contributed by atoms with Gasteiger partial charge in [0.15, 0.2) is 0 Å². The Morgan fingerprint density at radius 1 is 1.28 bits per heavy atom. The van der Waals surface area contributed by atoms with Gasteiger partial charge in [0.2, 0.25) is 0 Å². The summed E-state index contributed by atoms with van der Waals surface area (Å²) in [6.07, 6.45) is 0.637. The van der Waals surface area contributed by atoms with E-state index < -0.39 is 5.60 Å². The molecule has 0 bridgehead atoms. The van der Waals surface area contributed by atoms with Gasteiger partial charge in [-0.25, -0.2) is 0 Å². The molecule has 0 fully saturated rings. The zero-order valence-electron chi connectivity index (χ0n) is 11.0. The Hall–Kier alpha value is -1.81. The summed E-state index contributed by atoms with van der Waals surface area (Å²) in [5, 5.41) is 14.1. The number of nitrogens with two attached hydrogens (primary N) is 1. The number of rotatable bonds is 3. The molecule has 0 amide bonds. The second kappa shape index (κ2) is 4.46. The zero-order valence-corrected chi connectivity index (χ0v) is 11.0. The highest BCUT2D eigenvalue weighted by Crippen LogP contribution is 2.21. The maximum absolute atomic E-state index is 9.76. The molecule has 1 aromatic heterocycles. The highest BCUT2D eigenvalue weighted by Gasteiger charge is 2.13. The van der Waals surface area contributed by atoms with Crippen molar-refractivity contribution < 1.29 is 5.11 Å². The van der Waals surface area contributed by atoms with Crippen LogP contribution in [0.1, 0.15) is 19.4 Å². The summed E-state index contributed by atoms with van der Waals surface area (Å²) in [7, 11) is 1.82. The van der Waals surface area contributed by atoms with Crippen molar-refractivity contribution in [3.8, 4) is 11.3 Å². The van der Waals surface area contributed by atoms with Gasteiger partial charge in [0.05, 0.1) is 11.3 Å². The topological polar surface area (TPSA) is 64.1 Å². The maximum Gasteiger partial charge on any atom is 0.121 e. The lowest BCUT2D eigenvalue weighted by atomic mass is 9.97. The summed E-state index contributed by atoms with van der Waals surface area (Å²) in [6.45, 7) is 3.61. The van der Waals surface area contributed by atoms with Crippen LogP contribution in [0.5, 0.6) is 0 Å². The molecule has 96 valence electrons. The van der Waals surface area contributed by atoms with Gasteiger partial charge in [0, 0.05) is 25.1 Å². The lowest BCUT2D eigenvalue weighted by Crippen LogP contribution is -2.21. The molecular formula is C14H19N3O. The van der Waals surface area contributed by atoms with E-state index in [0.717, 1.165) is 16.8 Å². The van der Waals surface area contributed by atoms with Crippen LogP contribution >= 0.6 is 0 Å². The fourth-order valence-electron chi connectivity index (χ4n) is 1.92. The van der Waals surface area contributed by atoms with Crippen molar-refractivity contribution in [3.63, 3.8) is 0 Å². The predicted molar refractivity (Wildman–Crippen MR) is 73.1 cm³/mol. The number of hydrogen-bond acceptors (Lipinski definition) is 3. The molecule has 1 aromatic carbocycles. The SMILES string of the molecule is Cn1nc(-c2ccc(CC(C)(C)O)cc2)cc1N. The van der Waals surface area contributed by atoms with Crippen LogP contribution in [0.15, 0.2) is 30.3 Å². The smallest absolute Gasteiger partial charge is 0.121 e. The van der Waals surface area contributed by atoms with E-state index in [4.69, 9.17) is 5.73 Å². The molecule has 4 heteroatoms. The summed E-state index contributed by atoms with van der Waals surface area (Å²) in [5.41, 5.74) is 8.08. The Morgan fingerprint density at radius 3 is 2.33 bits per heavy atom. The molecule has 0 atom stereocenters. The summed E-state index contributed by atoms with van der Waals surface area (Å²) in [4.78, 5) is 0. The summed E-state index contributed by atoms with van der Waals surface area (Å²) in [6, 6.07) is 9.88. The number of nitrogens with zero attached hydrogens (tertiary/aromatic N) is 2. The van der Waals surface area contributed by atoms with Crippen LogP contribution in [-0.2, 0) is 13.5 Å². The molecule has 0 radical (unpaired) electrons. The molecule has 1 heterocycles. The van der Waals surface area contributed by atoms with E-state index in [2.05, 4.69) is 5.10 Å². The number of aryl methyl sites for hydroxylation is 1. The number of aliphatic hydroxyl groups is 1. The molecule has 0 unspecified atom stereocenters. The van der Waals surface area contributed by atoms with Crippen molar-refractivity contribution in [3.05, 3.63) is 35.9 Å². The van der Waals surface area contributed by atoms with E-state index in [9.17, 15) is 5.11 Å². The van der Waals surface area contributed by atoms with Gasteiger partial charge in [-0.15, -0.1) is 0 Å². The third-order valence-electron chi connectivity index (χ3n) is 2.80. The van der Waals surface area contributed by atoms with Gasteiger partial charge in [-0.3, -0.25) is 4.68 Å². The van der Waals surface area contributed by atoms with Gasteiger partial charge < -0.3 is 10.8 Å². The second-order valence-electron chi connectivity index (χ2n) is 5.26. The number of nitrogen functional groups attached to an aromatic ring is 1. The van der Waals surface area contributed by atoms with E-state index in [-0.39, 0.29) is 0 Å². The molecular weight excluding hydrogens is 226 g/mol. The average molecular weight is 245 g/mol. The Kier molecular flexibility index (Phi) is 3.13. The van der Waals surface area contributed by atoms with Crippen LogP contribution in [-0.4, -0.2) is 20.5 Å². The normalized spacial score (nSPS) is 11.8. The first-order chi connectivity index (χ1) is 8.35.